The summed E-state index contributed by atoms with van der Waals surface area (Å²) < 4.78 is 0. The molecule has 1 heterocycles. The molecule has 1 fully saturated rings. The molecule has 0 aromatic heterocycles. The van der Waals surface area contributed by atoms with Gasteiger partial charge in [0.2, 0.25) is 0 Å². The van der Waals surface area contributed by atoms with E-state index in [-0.39, 0.29) is 0 Å². The standard InChI is InChI=1S/C11H24N2/c1-4-11(7-12)13-8-9(2)5-6-10(13)3/h9-11H,4-8,12H2,1-3H3. The van der Waals surface area contributed by atoms with E-state index in [1.54, 1.807) is 0 Å². The van der Waals surface area contributed by atoms with Crippen LogP contribution in [0.25, 0.3) is 0 Å². The Morgan fingerprint density at radius 1 is 1.38 bits per heavy atom. The summed E-state index contributed by atoms with van der Waals surface area (Å²) in [5.41, 5.74) is 5.78. The summed E-state index contributed by atoms with van der Waals surface area (Å²) in [5, 5.41) is 0. The zero-order chi connectivity index (χ0) is 9.84. The Morgan fingerprint density at radius 2 is 2.08 bits per heavy atom. The van der Waals surface area contributed by atoms with Crippen LogP contribution in [0.15, 0.2) is 0 Å². The molecule has 1 aliphatic heterocycles. The van der Waals surface area contributed by atoms with E-state index >= 15 is 0 Å². The SMILES string of the molecule is CCC(CN)N1CC(C)CCC1C. The molecule has 78 valence electrons. The highest BCUT2D eigenvalue weighted by molar-refractivity contribution is 4.82. The molecule has 1 saturated heterocycles. The van der Waals surface area contributed by atoms with Crippen LogP contribution in [0.4, 0.5) is 0 Å². The summed E-state index contributed by atoms with van der Waals surface area (Å²) in [4.78, 5) is 2.61. The molecule has 2 heteroatoms. The van der Waals surface area contributed by atoms with Crippen LogP contribution in [0.2, 0.25) is 0 Å². The quantitative estimate of drug-likeness (QED) is 0.725. The molecule has 3 atom stereocenters. The van der Waals surface area contributed by atoms with Gasteiger partial charge < -0.3 is 5.73 Å². The number of nitrogens with zero attached hydrogens (tertiary/aromatic N) is 1. The molecule has 0 amide bonds. The van der Waals surface area contributed by atoms with Crippen molar-refractivity contribution < 1.29 is 0 Å². The van der Waals surface area contributed by atoms with Gasteiger partial charge >= 0.3 is 0 Å². The summed E-state index contributed by atoms with van der Waals surface area (Å²) in [5.74, 6) is 0.858. The summed E-state index contributed by atoms with van der Waals surface area (Å²) in [6, 6.07) is 1.35. The van der Waals surface area contributed by atoms with Crippen molar-refractivity contribution in [3.05, 3.63) is 0 Å². The van der Waals surface area contributed by atoms with Gasteiger partial charge in [0, 0.05) is 25.2 Å². The van der Waals surface area contributed by atoms with Gasteiger partial charge in [-0.05, 0) is 32.1 Å². The smallest absolute Gasteiger partial charge is 0.0218 e. The van der Waals surface area contributed by atoms with Crippen LogP contribution in [0.3, 0.4) is 0 Å². The van der Waals surface area contributed by atoms with E-state index in [2.05, 4.69) is 25.7 Å². The second-order valence-corrected chi connectivity index (χ2v) is 4.53. The first-order valence-electron chi connectivity index (χ1n) is 5.64. The molecular weight excluding hydrogens is 160 g/mol. The molecule has 0 spiro atoms. The van der Waals surface area contributed by atoms with Crippen LogP contribution in [-0.4, -0.2) is 30.1 Å². The van der Waals surface area contributed by atoms with Crippen LogP contribution in [0.1, 0.15) is 40.0 Å². The molecule has 2 nitrogen and oxygen atoms in total. The van der Waals surface area contributed by atoms with Crippen LogP contribution in [0, 0.1) is 5.92 Å². The Labute approximate surface area is 82.5 Å². The number of rotatable bonds is 3. The van der Waals surface area contributed by atoms with E-state index in [1.165, 1.54) is 25.8 Å². The largest absolute Gasteiger partial charge is 0.329 e. The van der Waals surface area contributed by atoms with Gasteiger partial charge in [0.25, 0.3) is 0 Å². The van der Waals surface area contributed by atoms with Gasteiger partial charge in [0.15, 0.2) is 0 Å². The van der Waals surface area contributed by atoms with E-state index in [9.17, 15) is 0 Å². The fourth-order valence-corrected chi connectivity index (χ4v) is 2.37. The van der Waals surface area contributed by atoms with Crippen LogP contribution >= 0.6 is 0 Å². The zero-order valence-corrected chi connectivity index (χ0v) is 9.29. The van der Waals surface area contributed by atoms with Gasteiger partial charge in [-0.3, -0.25) is 4.90 Å². The predicted octanol–water partition coefficient (Wildman–Crippen LogP) is 1.84. The van der Waals surface area contributed by atoms with E-state index in [0.717, 1.165) is 18.5 Å². The van der Waals surface area contributed by atoms with Crippen molar-refractivity contribution in [3.8, 4) is 0 Å². The normalized spacial score (nSPS) is 33.2. The second kappa shape index (κ2) is 4.97. The van der Waals surface area contributed by atoms with Crippen LogP contribution < -0.4 is 5.73 Å². The summed E-state index contributed by atoms with van der Waals surface area (Å²) in [6.45, 7) is 8.99. The lowest BCUT2D eigenvalue weighted by molar-refractivity contribution is 0.0782. The van der Waals surface area contributed by atoms with Crippen LogP contribution in [0.5, 0.6) is 0 Å². The van der Waals surface area contributed by atoms with Crippen molar-refractivity contribution in [2.75, 3.05) is 13.1 Å². The molecule has 1 rings (SSSR count). The first-order valence-corrected chi connectivity index (χ1v) is 5.64. The molecule has 0 saturated carbocycles. The van der Waals surface area contributed by atoms with Crippen LogP contribution in [-0.2, 0) is 0 Å². The molecule has 3 unspecified atom stereocenters. The number of piperidine rings is 1. The van der Waals surface area contributed by atoms with Crippen molar-refractivity contribution in [2.45, 2.75) is 52.1 Å². The average molecular weight is 184 g/mol. The Hall–Kier alpha value is -0.0800. The molecule has 0 aromatic rings. The first kappa shape index (κ1) is 11.0. The third-order valence-electron chi connectivity index (χ3n) is 3.38. The lowest BCUT2D eigenvalue weighted by atomic mass is 9.93. The van der Waals surface area contributed by atoms with Gasteiger partial charge in [-0.2, -0.15) is 0 Å². The number of nitrogens with two attached hydrogens (primary N) is 1. The third-order valence-corrected chi connectivity index (χ3v) is 3.38. The Balaban J connectivity index is 2.53. The Bertz CT molecular complexity index is 143. The summed E-state index contributed by atoms with van der Waals surface area (Å²) >= 11 is 0. The Kier molecular flexibility index (Phi) is 4.20. The second-order valence-electron chi connectivity index (χ2n) is 4.53. The van der Waals surface area contributed by atoms with Crippen molar-refractivity contribution in [1.29, 1.82) is 0 Å². The van der Waals surface area contributed by atoms with Crippen molar-refractivity contribution in [1.82, 2.24) is 4.90 Å². The average Bonchev–Trinajstić information content (AvgIpc) is 2.13. The molecule has 0 aromatic carbocycles. The van der Waals surface area contributed by atoms with E-state index < -0.39 is 0 Å². The summed E-state index contributed by atoms with van der Waals surface area (Å²) in [6.07, 6.45) is 3.92. The number of hydrogen-bond donors (Lipinski definition) is 1. The van der Waals surface area contributed by atoms with Crippen molar-refractivity contribution >= 4 is 0 Å². The maximum atomic E-state index is 5.78. The summed E-state index contributed by atoms with van der Waals surface area (Å²) in [7, 11) is 0. The van der Waals surface area contributed by atoms with Gasteiger partial charge in [-0.1, -0.05) is 13.8 Å². The maximum absolute atomic E-state index is 5.78. The molecule has 13 heavy (non-hydrogen) atoms. The minimum absolute atomic E-state index is 0.609. The molecule has 0 bridgehead atoms. The highest BCUT2D eigenvalue weighted by atomic mass is 15.2. The molecule has 2 N–H and O–H groups in total. The fourth-order valence-electron chi connectivity index (χ4n) is 2.37. The molecular formula is C11H24N2. The lowest BCUT2D eigenvalue weighted by Crippen LogP contribution is -2.49. The van der Waals surface area contributed by atoms with E-state index in [0.29, 0.717) is 6.04 Å². The zero-order valence-electron chi connectivity index (χ0n) is 9.29. The van der Waals surface area contributed by atoms with E-state index in [1.807, 2.05) is 0 Å². The van der Waals surface area contributed by atoms with Gasteiger partial charge in [-0.15, -0.1) is 0 Å². The van der Waals surface area contributed by atoms with Crippen molar-refractivity contribution in [3.63, 3.8) is 0 Å². The van der Waals surface area contributed by atoms with Gasteiger partial charge in [-0.25, -0.2) is 0 Å². The lowest BCUT2D eigenvalue weighted by Gasteiger charge is -2.41. The third kappa shape index (κ3) is 2.68. The molecule has 0 radical (unpaired) electrons. The topological polar surface area (TPSA) is 29.3 Å². The number of hydrogen-bond acceptors (Lipinski definition) is 2. The number of likely N-dealkylation sites (tertiary alicyclic amines) is 1. The minimum Gasteiger partial charge on any atom is -0.329 e. The van der Waals surface area contributed by atoms with Crippen molar-refractivity contribution in [2.24, 2.45) is 11.7 Å². The maximum Gasteiger partial charge on any atom is 0.0218 e. The Morgan fingerprint density at radius 3 is 2.62 bits per heavy atom. The fraction of sp³-hybridized carbons (Fsp3) is 1.00. The predicted molar refractivity (Wildman–Crippen MR) is 57.7 cm³/mol. The molecule has 1 aliphatic rings. The minimum atomic E-state index is 0.609. The first-order chi connectivity index (χ1) is 6.19. The van der Waals surface area contributed by atoms with Gasteiger partial charge in [0.05, 0.1) is 0 Å². The molecule has 0 aliphatic carbocycles. The highest BCUT2D eigenvalue weighted by Gasteiger charge is 2.26. The highest BCUT2D eigenvalue weighted by Crippen LogP contribution is 2.23. The van der Waals surface area contributed by atoms with Gasteiger partial charge in [0.1, 0.15) is 0 Å². The monoisotopic (exact) mass is 184 g/mol. The van der Waals surface area contributed by atoms with E-state index in [4.69, 9.17) is 5.73 Å².